The Labute approximate surface area is 179 Å². The molecule has 1 N–H and O–H groups in total. The molecule has 1 aromatic rings. The molecular weight excluding hydrogens is 376 g/mol. The van der Waals surface area contributed by atoms with Gasteiger partial charge in [-0.15, -0.1) is 0 Å². The van der Waals surface area contributed by atoms with E-state index in [0.717, 1.165) is 22.2 Å². The third-order valence-electron chi connectivity index (χ3n) is 5.17. The van der Waals surface area contributed by atoms with Crippen LogP contribution in [-0.2, 0) is 4.79 Å². The lowest BCUT2D eigenvalue weighted by Gasteiger charge is -2.32. The average molecular weight is 409 g/mol. The van der Waals surface area contributed by atoms with Crippen molar-refractivity contribution >= 4 is 16.9 Å². The number of phenolic OH excluding ortho intramolecular Hbond substituents is 1. The molecule has 0 heterocycles. The third kappa shape index (κ3) is 7.58. The summed E-state index contributed by atoms with van der Waals surface area (Å²) in [7, 11) is 0. The minimum absolute atomic E-state index is 0.0274. The van der Waals surface area contributed by atoms with E-state index in [0.29, 0.717) is 0 Å². The first-order valence-electron chi connectivity index (χ1n) is 10.1. The van der Waals surface area contributed by atoms with Crippen LogP contribution in [0.4, 0.5) is 0 Å². The van der Waals surface area contributed by atoms with Crippen molar-refractivity contribution in [3.8, 4) is 5.75 Å². The van der Waals surface area contributed by atoms with E-state index in [2.05, 4.69) is 45.9 Å². The van der Waals surface area contributed by atoms with E-state index < -0.39 is 0 Å². The number of rotatable bonds is 6. The predicted octanol–water partition coefficient (Wildman–Crippen LogP) is 7.54. The van der Waals surface area contributed by atoms with Gasteiger partial charge < -0.3 is 5.11 Å². The lowest BCUT2D eigenvalue weighted by atomic mass is 9.72. The molecule has 0 radical (unpaired) electrons. The maximum atomic E-state index is 12.1. The zero-order valence-corrected chi connectivity index (χ0v) is 19.0. The summed E-state index contributed by atoms with van der Waals surface area (Å²) in [5.41, 5.74) is 5.31. The van der Waals surface area contributed by atoms with Gasteiger partial charge in [0, 0.05) is 4.90 Å². The Balaban J connectivity index is 1.95. The molecule has 0 aromatic heterocycles. The second kappa shape index (κ2) is 10.5. The van der Waals surface area contributed by atoms with E-state index >= 15 is 0 Å². The summed E-state index contributed by atoms with van der Waals surface area (Å²) in [6.45, 7) is 10.9. The van der Waals surface area contributed by atoms with Crippen molar-refractivity contribution in [2.75, 3.05) is 0 Å². The maximum absolute atomic E-state index is 12.1. The Hall–Kier alpha value is -2.26. The van der Waals surface area contributed by atoms with E-state index in [1.54, 1.807) is 30.3 Å². The molecule has 0 bridgehead atoms. The van der Waals surface area contributed by atoms with Crippen LogP contribution < -0.4 is 0 Å². The zero-order valence-electron chi connectivity index (χ0n) is 18.2. The number of hydrogen-bond acceptors (Lipinski definition) is 3. The van der Waals surface area contributed by atoms with Crippen molar-refractivity contribution in [3.05, 3.63) is 83.0 Å². The average Bonchev–Trinajstić information content (AvgIpc) is 2.62. The lowest BCUT2D eigenvalue weighted by Crippen LogP contribution is -2.19. The van der Waals surface area contributed by atoms with Crippen LogP contribution in [0.5, 0.6) is 5.75 Å². The number of phenols is 1. The highest BCUT2D eigenvalue weighted by molar-refractivity contribution is 8.14. The topological polar surface area (TPSA) is 37.3 Å². The smallest absolute Gasteiger partial charge is 0.217 e. The molecule has 3 heteroatoms. The quantitative estimate of drug-likeness (QED) is 0.300. The fraction of sp³-hybridized carbons (Fsp3) is 0.346. The largest absolute Gasteiger partial charge is 0.508 e. The van der Waals surface area contributed by atoms with Crippen molar-refractivity contribution < 1.29 is 9.90 Å². The maximum Gasteiger partial charge on any atom is 0.217 e. The standard InChI is InChI=1S/C26H32O2S/c1-19(11-16-24-21(3)10-7-17-26(24,4)5)8-6-9-20(2)18-25(28)29-23-14-12-22(27)13-15-23/h6,8-9,11-16,18,27H,7,10,17H2,1-5H3/b9-6+,16-11+,19-8+,20-18-. The number of allylic oxidation sites excluding steroid dienone is 9. The second-order valence-corrected chi connectivity index (χ2v) is 9.42. The third-order valence-corrected chi connectivity index (χ3v) is 6.00. The number of aromatic hydroxyl groups is 1. The summed E-state index contributed by atoms with van der Waals surface area (Å²) in [5.74, 6) is 0.200. The highest BCUT2D eigenvalue weighted by Gasteiger charge is 2.26. The molecule has 29 heavy (non-hydrogen) atoms. The molecule has 1 aliphatic rings. The molecule has 0 spiro atoms. The van der Waals surface area contributed by atoms with E-state index in [1.165, 1.54) is 36.0 Å². The fourth-order valence-electron chi connectivity index (χ4n) is 3.53. The number of benzene rings is 1. The van der Waals surface area contributed by atoms with Crippen LogP contribution in [0, 0.1) is 5.41 Å². The van der Waals surface area contributed by atoms with E-state index in [4.69, 9.17) is 0 Å². The predicted molar refractivity (Wildman–Crippen MR) is 125 cm³/mol. The molecule has 0 atom stereocenters. The molecule has 0 saturated carbocycles. The van der Waals surface area contributed by atoms with Crippen LogP contribution in [0.2, 0.25) is 0 Å². The summed E-state index contributed by atoms with van der Waals surface area (Å²) in [4.78, 5) is 12.9. The molecule has 154 valence electrons. The molecule has 0 fully saturated rings. The van der Waals surface area contributed by atoms with Gasteiger partial charge in [-0.05, 0) is 98.7 Å². The van der Waals surface area contributed by atoms with Crippen molar-refractivity contribution in [2.24, 2.45) is 5.41 Å². The molecule has 2 rings (SSSR count). The van der Waals surface area contributed by atoms with Crippen molar-refractivity contribution in [2.45, 2.75) is 58.8 Å². The Bertz CT molecular complexity index is 878. The highest BCUT2D eigenvalue weighted by atomic mass is 32.2. The zero-order chi connectivity index (χ0) is 21.4. The molecular formula is C26H32O2S. The van der Waals surface area contributed by atoms with Crippen LogP contribution in [0.1, 0.15) is 53.9 Å². The normalized spacial score (nSPS) is 18.1. The van der Waals surface area contributed by atoms with Gasteiger partial charge >= 0.3 is 0 Å². The molecule has 0 amide bonds. The van der Waals surface area contributed by atoms with Crippen molar-refractivity contribution in [3.63, 3.8) is 0 Å². The van der Waals surface area contributed by atoms with Crippen LogP contribution in [0.25, 0.3) is 0 Å². The minimum Gasteiger partial charge on any atom is -0.508 e. The monoisotopic (exact) mass is 408 g/mol. The first kappa shape index (κ1) is 23.0. The summed E-state index contributed by atoms with van der Waals surface area (Å²) in [6, 6.07) is 6.64. The summed E-state index contributed by atoms with van der Waals surface area (Å²) < 4.78 is 0. The molecule has 2 nitrogen and oxygen atoms in total. The second-order valence-electron chi connectivity index (χ2n) is 8.34. The lowest BCUT2D eigenvalue weighted by molar-refractivity contribution is -0.107. The molecule has 1 aromatic carbocycles. The fourth-order valence-corrected chi connectivity index (χ4v) is 4.28. The van der Waals surface area contributed by atoms with Gasteiger partial charge in [0.15, 0.2) is 0 Å². The van der Waals surface area contributed by atoms with Gasteiger partial charge in [0.05, 0.1) is 0 Å². The SMILES string of the molecule is CC1=C(/C=C/C(C)=C/C=C/C(C)=C\C(=O)Sc2ccc(O)cc2)C(C)(C)CCC1. The molecule has 0 saturated heterocycles. The summed E-state index contributed by atoms with van der Waals surface area (Å²) >= 11 is 1.15. The van der Waals surface area contributed by atoms with E-state index in [1.807, 2.05) is 19.1 Å². The number of carbonyl (C=O) groups excluding carboxylic acids is 1. The van der Waals surface area contributed by atoms with Gasteiger partial charge in [-0.2, -0.15) is 0 Å². The van der Waals surface area contributed by atoms with Gasteiger partial charge in [-0.25, -0.2) is 0 Å². The Morgan fingerprint density at radius 1 is 1.10 bits per heavy atom. The van der Waals surface area contributed by atoms with Gasteiger partial charge in [-0.1, -0.05) is 55.4 Å². The molecule has 0 aliphatic heterocycles. The Morgan fingerprint density at radius 3 is 2.45 bits per heavy atom. The number of carbonyl (C=O) groups is 1. The van der Waals surface area contributed by atoms with Gasteiger partial charge in [0.1, 0.15) is 5.75 Å². The summed E-state index contributed by atoms with van der Waals surface area (Å²) in [5, 5.41) is 9.27. The van der Waals surface area contributed by atoms with Crippen molar-refractivity contribution in [1.82, 2.24) is 0 Å². The Kier molecular flexibility index (Phi) is 8.33. The first-order valence-corrected chi connectivity index (χ1v) is 10.9. The van der Waals surface area contributed by atoms with Crippen LogP contribution >= 0.6 is 11.8 Å². The van der Waals surface area contributed by atoms with Crippen molar-refractivity contribution in [1.29, 1.82) is 0 Å². The molecule has 0 unspecified atom stereocenters. The first-order chi connectivity index (χ1) is 13.7. The number of hydrogen-bond donors (Lipinski definition) is 1. The summed E-state index contributed by atoms with van der Waals surface area (Å²) in [6.07, 6.45) is 15.8. The molecule has 1 aliphatic carbocycles. The number of thioether (sulfide) groups is 1. The van der Waals surface area contributed by atoms with Crippen LogP contribution in [0.15, 0.2) is 87.9 Å². The van der Waals surface area contributed by atoms with Crippen LogP contribution in [0.3, 0.4) is 0 Å². The van der Waals surface area contributed by atoms with Gasteiger partial charge in [0.2, 0.25) is 5.12 Å². The van der Waals surface area contributed by atoms with E-state index in [-0.39, 0.29) is 16.3 Å². The van der Waals surface area contributed by atoms with Crippen LogP contribution in [-0.4, -0.2) is 10.2 Å². The minimum atomic E-state index is -0.0274. The Morgan fingerprint density at radius 2 is 1.79 bits per heavy atom. The van der Waals surface area contributed by atoms with Gasteiger partial charge in [0.25, 0.3) is 0 Å². The van der Waals surface area contributed by atoms with E-state index in [9.17, 15) is 9.90 Å². The van der Waals surface area contributed by atoms with Gasteiger partial charge in [-0.3, -0.25) is 4.79 Å². The highest BCUT2D eigenvalue weighted by Crippen LogP contribution is 2.40.